The van der Waals surface area contributed by atoms with Gasteiger partial charge in [0, 0.05) is 5.56 Å². The quantitative estimate of drug-likeness (QED) is 0.659. The molecule has 0 aliphatic carbocycles. The summed E-state index contributed by atoms with van der Waals surface area (Å²) in [5.41, 5.74) is 2.38. The van der Waals surface area contributed by atoms with Crippen LogP contribution in [0.4, 0.5) is 5.13 Å². The highest BCUT2D eigenvalue weighted by atomic mass is 32.1. The van der Waals surface area contributed by atoms with Gasteiger partial charge in [-0.3, -0.25) is 9.59 Å². The maximum atomic E-state index is 12.8. The Morgan fingerprint density at radius 3 is 2.46 bits per heavy atom. The molecule has 146 valence electrons. The van der Waals surface area contributed by atoms with Crippen molar-refractivity contribution >= 4 is 38.5 Å². The number of aryl methyl sites for hydroxylation is 1. The molecule has 3 rings (SSSR count). The van der Waals surface area contributed by atoms with Gasteiger partial charge in [-0.2, -0.15) is 0 Å². The molecule has 0 aliphatic rings. The SMILES string of the molecule is COc1ccc2nc(NC(=O)C(NC(=O)c3ccc(C)cc3)C(C)C)sc2c1. The lowest BCUT2D eigenvalue weighted by Crippen LogP contribution is -2.47. The van der Waals surface area contributed by atoms with Crippen LogP contribution in [0.1, 0.15) is 29.8 Å². The number of fused-ring (bicyclic) bond motifs is 1. The summed E-state index contributed by atoms with van der Waals surface area (Å²) in [6, 6.07) is 12.1. The molecular weight excluding hydrogens is 374 g/mol. The molecule has 0 bridgehead atoms. The van der Waals surface area contributed by atoms with Gasteiger partial charge in [0.1, 0.15) is 11.8 Å². The molecule has 3 aromatic rings. The van der Waals surface area contributed by atoms with Gasteiger partial charge in [-0.15, -0.1) is 0 Å². The van der Waals surface area contributed by atoms with Gasteiger partial charge in [0.25, 0.3) is 5.91 Å². The van der Waals surface area contributed by atoms with E-state index in [1.165, 1.54) is 11.3 Å². The normalized spacial score (nSPS) is 12.0. The number of rotatable bonds is 6. The molecule has 0 spiro atoms. The van der Waals surface area contributed by atoms with Crippen LogP contribution < -0.4 is 15.4 Å². The Hall–Kier alpha value is -2.93. The van der Waals surface area contributed by atoms with Crippen molar-refractivity contribution in [3.05, 3.63) is 53.6 Å². The molecule has 1 heterocycles. The van der Waals surface area contributed by atoms with E-state index in [0.717, 1.165) is 21.5 Å². The molecule has 0 saturated carbocycles. The lowest BCUT2D eigenvalue weighted by atomic mass is 10.0. The zero-order valence-electron chi connectivity index (χ0n) is 16.3. The molecule has 0 aliphatic heterocycles. The average Bonchev–Trinajstić information content (AvgIpc) is 3.07. The number of thiazole rings is 1. The predicted octanol–water partition coefficient (Wildman–Crippen LogP) is 4.01. The lowest BCUT2D eigenvalue weighted by molar-refractivity contribution is -0.118. The van der Waals surface area contributed by atoms with Crippen LogP contribution in [0.3, 0.4) is 0 Å². The van der Waals surface area contributed by atoms with Crippen LogP contribution in [0.2, 0.25) is 0 Å². The second-order valence-electron chi connectivity index (χ2n) is 6.90. The van der Waals surface area contributed by atoms with E-state index in [9.17, 15) is 9.59 Å². The van der Waals surface area contributed by atoms with Gasteiger partial charge in [0.2, 0.25) is 5.91 Å². The summed E-state index contributed by atoms with van der Waals surface area (Å²) in [4.78, 5) is 29.7. The minimum atomic E-state index is -0.671. The fourth-order valence-electron chi connectivity index (χ4n) is 2.73. The summed E-state index contributed by atoms with van der Waals surface area (Å²) in [6.07, 6.45) is 0. The molecule has 1 unspecified atom stereocenters. The number of nitrogens with one attached hydrogen (secondary N) is 2. The van der Waals surface area contributed by atoms with Gasteiger partial charge in [-0.05, 0) is 43.2 Å². The first-order chi connectivity index (χ1) is 13.4. The monoisotopic (exact) mass is 397 g/mol. The topological polar surface area (TPSA) is 80.3 Å². The van der Waals surface area contributed by atoms with Gasteiger partial charge < -0.3 is 15.4 Å². The smallest absolute Gasteiger partial charge is 0.251 e. The Morgan fingerprint density at radius 2 is 1.82 bits per heavy atom. The van der Waals surface area contributed by atoms with E-state index in [0.29, 0.717) is 10.7 Å². The zero-order chi connectivity index (χ0) is 20.3. The van der Waals surface area contributed by atoms with Crippen molar-refractivity contribution in [3.8, 4) is 5.75 Å². The average molecular weight is 398 g/mol. The molecule has 7 heteroatoms. The van der Waals surface area contributed by atoms with Crippen LogP contribution in [0.25, 0.3) is 10.2 Å². The van der Waals surface area contributed by atoms with Crippen molar-refractivity contribution in [1.82, 2.24) is 10.3 Å². The highest BCUT2D eigenvalue weighted by Gasteiger charge is 2.25. The molecule has 1 atom stereocenters. The minimum absolute atomic E-state index is 0.0797. The summed E-state index contributed by atoms with van der Waals surface area (Å²) in [5, 5.41) is 6.15. The predicted molar refractivity (Wildman–Crippen MR) is 112 cm³/mol. The van der Waals surface area contributed by atoms with Crippen LogP contribution >= 0.6 is 11.3 Å². The summed E-state index contributed by atoms with van der Waals surface area (Å²) in [7, 11) is 1.61. The van der Waals surface area contributed by atoms with Crippen molar-refractivity contribution < 1.29 is 14.3 Å². The van der Waals surface area contributed by atoms with E-state index in [4.69, 9.17) is 4.74 Å². The Bertz CT molecular complexity index is 996. The Kier molecular flexibility index (Phi) is 5.94. The van der Waals surface area contributed by atoms with E-state index >= 15 is 0 Å². The van der Waals surface area contributed by atoms with E-state index in [1.54, 1.807) is 19.2 Å². The van der Waals surface area contributed by atoms with E-state index in [2.05, 4.69) is 15.6 Å². The number of benzene rings is 2. The lowest BCUT2D eigenvalue weighted by Gasteiger charge is -2.21. The van der Waals surface area contributed by atoms with Crippen molar-refractivity contribution in [2.45, 2.75) is 26.8 Å². The molecule has 0 saturated heterocycles. The fraction of sp³-hybridized carbons (Fsp3) is 0.286. The molecule has 2 N–H and O–H groups in total. The second-order valence-corrected chi connectivity index (χ2v) is 7.93. The number of anilines is 1. The zero-order valence-corrected chi connectivity index (χ0v) is 17.1. The highest BCUT2D eigenvalue weighted by Crippen LogP contribution is 2.29. The fourth-order valence-corrected chi connectivity index (χ4v) is 3.63. The molecule has 1 aromatic heterocycles. The Labute approximate surface area is 167 Å². The number of aromatic nitrogens is 1. The Balaban J connectivity index is 1.74. The second kappa shape index (κ2) is 8.39. The third-order valence-electron chi connectivity index (χ3n) is 4.38. The largest absolute Gasteiger partial charge is 0.497 e. The van der Waals surface area contributed by atoms with E-state index < -0.39 is 6.04 Å². The van der Waals surface area contributed by atoms with Gasteiger partial charge in [0.15, 0.2) is 5.13 Å². The van der Waals surface area contributed by atoms with Gasteiger partial charge in [-0.25, -0.2) is 4.98 Å². The van der Waals surface area contributed by atoms with E-state index in [1.807, 2.05) is 51.1 Å². The first kappa shape index (κ1) is 19.8. The molecule has 6 nitrogen and oxygen atoms in total. The van der Waals surface area contributed by atoms with Crippen molar-refractivity contribution in [1.29, 1.82) is 0 Å². The summed E-state index contributed by atoms with van der Waals surface area (Å²) in [5.74, 6) is 0.0904. The molecule has 2 aromatic carbocycles. The van der Waals surface area contributed by atoms with Crippen LogP contribution in [0.5, 0.6) is 5.75 Å². The number of carbonyl (C=O) groups is 2. The standard InChI is InChI=1S/C21H23N3O3S/c1-12(2)18(23-19(25)14-7-5-13(3)6-8-14)20(26)24-21-22-16-10-9-15(27-4)11-17(16)28-21/h5-12,18H,1-4H3,(H,23,25)(H,22,24,26). The van der Waals surface area contributed by atoms with Gasteiger partial charge in [0.05, 0.1) is 17.3 Å². The number of ether oxygens (including phenoxy) is 1. The number of carbonyl (C=O) groups excluding carboxylic acids is 2. The number of nitrogens with zero attached hydrogens (tertiary/aromatic N) is 1. The third-order valence-corrected chi connectivity index (χ3v) is 5.31. The number of amides is 2. The first-order valence-electron chi connectivity index (χ1n) is 9.00. The van der Waals surface area contributed by atoms with Crippen LogP contribution in [0.15, 0.2) is 42.5 Å². The summed E-state index contributed by atoms with van der Waals surface area (Å²) < 4.78 is 6.14. The molecule has 28 heavy (non-hydrogen) atoms. The van der Waals surface area contributed by atoms with E-state index in [-0.39, 0.29) is 17.7 Å². The van der Waals surface area contributed by atoms with Crippen LogP contribution in [-0.4, -0.2) is 29.9 Å². The van der Waals surface area contributed by atoms with Crippen molar-refractivity contribution in [2.24, 2.45) is 5.92 Å². The van der Waals surface area contributed by atoms with Gasteiger partial charge >= 0.3 is 0 Å². The molecular formula is C21H23N3O3S. The summed E-state index contributed by atoms with van der Waals surface area (Å²) >= 11 is 1.37. The number of methoxy groups -OCH3 is 1. The van der Waals surface area contributed by atoms with Crippen molar-refractivity contribution in [3.63, 3.8) is 0 Å². The molecule has 2 amide bonds. The maximum absolute atomic E-state index is 12.8. The van der Waals surface area contributed by atoms with Crippen LogP contribution in [0, 0.1) is 12.8 Å². The summed E-state index contributed by atoms with van der Waals surface area (Å²) in [6.45, 7) is 5.74. The third kappa shape index (κ3) is 4.48. The van der Waals surface area contributed by atoms with Crippen molar-refractivity contribution in [2.75, 3.05) is 12.4 Å². The molecule has 0 fully saturated rings. The maximum Gasteiger partial charge on any atom is 0.251 e. The van der Waals surface area contributed by atoms with Gasteiger partial charge in [-0.1, -0.05) is 42.9 Å². The highest BCUT2D eigenvalue weighted by molar-refractivity contribution is 7.22. The Morgan fingerprint density at radius 1 is 1.11 bits per heavy atom. The first-order valence-corrected chi connectivity index (χ1v) is 9.82. The number of hydrogen-bond donors (Lipinski definition) is 2. The minimum Gasteiger partial charge on any atom is -0.497 e. The number of hydrogen-bond acceptors (Lipinski definition) is 5. The van der Waals surface area contributed by atoms with Crippen LogP contribution in [-0.2, 0) is 4.79 Å². The molecule has 0 radical (unpaired) electrons.